The molecular formula is C9H9F6O4-. The first-order valence-electron chi connectivity index (χ1n) is 4.80. The lowest BCUT2D eigenvalue weighted by molar-refractivity contribution is -0.381. The molecule has 0 amide bonds. The fraction of sp³-hybridized carbons (Fsp3) is 0.778. The molecule has 0 aromatic rings. The van der Waals surface area contributed by atoms with Crippen molar-refractivity contribution >= 4 is 11.9 Å². The van der Waals surface area contributed by atoms with Crippen molar-refractivity contribution in [1.29, 1.82) is 0 Å². The van der Waals surface area contributed by atoms with E-state index in [1.54, 1.807) is 0 Å². The summed E-state index contributed by atoms with van der Waals surface area (Å²) >= 11 is 0. The molecule has 0 aliphatic rings. The zero-order valence-corrected chi connectivity index (χ0v) is 9.69. The van der Waals surface area contributed by atoms with Gasteiger partial charge in [0.25, 0.3) is 0 Å². The van der Waals surface area contributed by atoms with Crippen molar-refractivity contribution in [3.8, 4) is 0 Å². The maximum absolute atomic E-state index is 12.6. The number of rotatable bonds is 4. The summed E-state index contributed by atoms with van der Waals surface area (Å²) in [4.78, 5) is 21.2. The van der Waals surface area contributed by atoms with Crippen molar-refractivity contribution in [3.05, 3.63) is 0 Å². The molecule has 112 valence electrons. The van der Waals surface area contributed by atoms with Crippen LogP contribution in [0.4, 0.5) is 26.3 Å². The fourth-order valence-corrected chi connectivity index (χ4v) is 1.01. The van der Waals surface area contributed by atoms with Crippen LogP contribution in [0.15, 0.2) is 0 Å². The minimum absolute atomic E-state index is 0.999. The maximum atomic E-state index is 12.6. The number of aliphatic carboxylic acids is 1. The Morgan fingerprint density at radius 2 is 1.42 bits per heavy atom. The van der Waals surface area contributed by atoms with Gasteiger partial charge >= 0.3 is 23.9 Å². The molecule has 19 heavy (non-hydrogen) atoms. The van der Waals surface area contributed by atoms with Gasteiger partial charge in [-0.15, -0.1) is 0 Å². The summed E-state index contributed by atoms with van der Waals surface area (Å²) in [5.41, 5.74) is -5.11. The van der Waals surface area contributed by atoms with Gasteiger partial charge in [-0.05, 0) is 0 Å². The Kier molecular flexibility index (Phi) is 4.84. The van der Waals surface area contributed by atoms with Crippen molar-refractivity contribution < 1.29 is 45.8 Å². The number of carbonyl (C=O) groups excluding carboxylic acids is 2. The van der Waals surface area contributed by atoms with E-state index in [-0.39, 0.29) is 0 Å². The zero-order chi connectivity index (χ0) is 15.6. The monoisotopic (exact) mass is 295 g/mol. The van der Waals surface area contributed by atoms with Crippen LogP contribution in [0.2, 0.25) is 0 Å². The lowest BCUT2D eigenvalue weighted by Gasteiger charge is -2.37. The van der Waals surface area contributed by atoms with E-state index in [2.05, 4.69) is 4.74 Å². The Bertz CT molecular complexity index is 343. The lowest BCUT2D eigenvalue weighted by Crippen LogP contribution is -2.62. The molecule has 0 saturated carbocycles. The van der Waals surface area contributed by atoms with Crippen LogP contribution in [0.5, 0.6) is 0 Å². The highest BCUT2D eigenvalue weighted by atomic mass is 19.4. The highest BCUT2D eigenvalue weighted by Gasteiger charge is 2.74. The number of esters is 1. The van der Waals surface area contributed by atoms with Crippen LogP contribution < -0.4 is 5.11 Å². The van der Waals surface area contributed by atoms with Gasteiger partial charge in [0, 0.05) is 12.4 Å². The second-order valence-corrected chi connectivity index (χ2v) is 3.95. The molecule has 0 aromatic heterocycles. The third-order valence-corrected chi connectivity index (χ3v) is 2.06. The summed E-state index contributed by atoms with van der Waals surface area (Å²) in [5, 5.41) is 10.2. The van der Waals surface area contributed by atoms with Gasteiger partial charge in [-0.3, -0.25) is 4.79 Å². The highest BCUT2D eigenvalue weighted by molar-refractivity contribution is 5.73. The van der Waals surface area contributed by atoms with Crippen molar-refractivity contribution in [3.63, 3.8) is 0 Å². The number of hydrogen-bond acceptors (Lipinski definition) is 4. The van der Waals surface area contributed by atoms with E-state index in [1.807, 2.05) is 0 Å². The van der Waals surface area contributed by atoms with Crippen LogP contribution in [0.1, 0.15) is 20.3 Å². The van der Waals surface area contributed by atoms with E-state index in [0.29, 0.717) is 0 Å². The normalized spacial score (nSPS) is 13.5. The van der Waals surface area contributed by atoms with E-state index in [9.17, 15) is 41.0 Å². The van der Waals surface area contributed by atoms with E-state index < -0.39 is 42.2 Å². The molecule has 0 aliphatic heterocycles. The smallest absolute Gasteiger partial charge is 0.437 e. The lowest BCUT2D eigenvalue weighted by atomic mass is 9.97. The van der Waals surface area contributed by atoms with Crippen LogP contribution in [-0.4, -0.2) is 29.9 Å². The molecule has 0 spiro atoms. The molecule has 10 heteroatoms. The van der Waals surface area contributed by atoms with E-state index in [0.717, 1.165) is 13.8 Å². The van der Waals surface area contributed by atoms with Gasteiger partial charge in [-0.1, -0.05) is 13.8 Å². The second kappa shape index (κ2) is 5.25. The third kappa shape index (κ3) is 3.74. The van der Waals surface area contributed by atoms with Crippen LogP contribution in [0.25, 0.3) is 0 Å². The van der Waals surface area contributed by atoms with Crippen molar-refractivity contribution in [2.24, 2.45) is 5.92 Å². The first-order chi connectivity index (χ1) is 8.24. The summed E-state index contributed by atoms with van der Waals surface area (Å²) in [6.07, 6.45) is -14.8. The summed E-state index contributed by atoms with van der Waals surface area (Å²) in [6.45, 7) is 2.00. The quantitative estimate of drug-likeness (QED) is 0.577. The van der Waals surface area contributed by atoms with Crippen LogP contribution in [0.3, 0.4) is 0 Å². The molecule has 0 aromatic carbocycles. The van der Waals surface area contributed by atoms with Gasteiger partial charge in [0.1, 0.15) is 0 Å². The maximum Gasteiger partial charge on any atom is 0.437 e. The highest BCUT2D eigenvalue weighted by Crippen LogP contribution is 2.48. The average Bonchev–Trinajstić information content (AvgIpc) is 2.11. The number of carboxylic acid groups (broad SMARTS) is 1. The van der Waals surface area contributed by atoms with E-state index in [4.69, 9.17) is 0 Å². The van der Waals surface area contributed by atoms with Crippen LogP contribution >= 0.6 is 0 Å². The molecule has 0 fully saturated rings. The van der Waals surface area contributed by atoms with Crippen LogP contribution in [0, 0.1) is 5.92 Å². The Balaban J connectivity index is 5.79. The summed E-state index contributed by atoms with van der Waals surface area (Å²) < 4.78 is 78.8. The summed E-state index contributed by atoms with van der Waals surface area (Å²) in [5.74, 6) is -5.77. The molecule has 0 aliphatic carbocycles. The SMILES string of the molecule is CC(C)C(=O)OC(CC(=O)[O-])(C(F)(F)F)C(F)(F)F. The largest absolute Gasteiger partial charge is 0.550 e. The van der Waals surface area contributed by atoms with Crippen molar-refractivity contribution in [2.75, 3.05) is 0 Å². The van der Waals surface area contributed by atoms with Crippen molar-refractivity contribution in [2.45, 2.75) is 38.2 Å². The van der Waals surface area contributed by atoms with Gasteiger partial charge in [0.05, 0.1) is 5.92 Å². The Morgan fingerprint density at radius 1 is 1.05 bits per heavy atom. The Hall–Kier alpha value is -1.48. The topological polar surface area (TPSA) is 66.4 Å². The standard InChI is InChI=1S/C9H10F6O4/c1-4(2)6(18)19-7(3-5(16)17,8(10,11)12)9(13,14)15/h4H,3H2,1-2H3,(H,16,17)/p-1. The molecule has 0 atom stereocenters. The molecule has 0 heterocycles. The molecule has 0 N–H and O–H groups in total. The molecule has 0 saturated heterocycles. The summed E-state index contributed by atoms with van der Waals surface area (Å²) in [7, 11) is 0. The summed E-state index contributed by atoms with van der Waals surface area (Å²) in [6, 6.07) is 0. The van der Waals surface area contributed by atoms with Gasteiger partial charge in [-0.25, -0.2) is 0 Å². The minimum atomic E-state index is -6.14. The van der Waals surface area contributed by atoms with E-state index in [1.165, 1.54) is 0 Å². The number of carbonyl (C=O) groups is 2. The first-order valence-corrected chi connectivity index (χ1v) is 4.80. The number of ether oxygens (including phenoxy) is 1. The molecule has 0 bridgehead atoms. The van der Waals surface area contributed by atoms with Crippen LogP contribution in [-0.2, 0) is 14.3 Å². The number of hydrogen-bond donors (Lipinski definition) is 0. The zero-order valence-electron chi connectivity index (χ0n) is 9.69. The average molecular weight is 295 g/mol. The minimum Gasteiger partial charge on any atom is -0.550 e. The molecule has 4 nitrogen and oxygen atoms in total. The number of halogens is 6. The fourth-order valence-electron chi connectivity index (χ4n) is 1.01. The number of alkyl halides is 6. The van der Waals surface area contributed by atoms with Crippen molar-refractivity contribution in [1.82, 2.24) is 0 Å². The first kappa shape index (κ1) is 17.5. The molecule has 0 radical (unpaired) electrons. The predicted molar refractivity (Wildman–Crippen MR) is 45.4 cm³/mol. The Morgan fingerprint density at radius 3 is 1.63 bits per heavy atom. The van der Waals surface area contributed by atoms with Gasteiger partial charge < -0.3 is 14.6 Å². The predicted octanol–water partition coefficient (Wildman–Crippen LogP) is 1.19. The third-order valence-electron chi connectivity index (χ3n) is 2.06. The van der Waals surface area contributed by atoms with Gasteiger partial charge in [0.15, 0.2) is 0 Å². The van der Waals surface area contributed by atoms with Gasteiger partial charge in [-0.2, -0.15) is 26.3 Å². The Labute approximate surface area is 103 Å². The van der Waals surface area contributed by atoms with Gasteiger partial charge in [0.2, 0.25) is 0 Å². The number of carboxylic acids is 1. The molecule has 0 unspecified atom stereocenters. The second-order valence-electron chi connectivity index (χ2n) is 3.95. The molecular weight excluding hydrogens is 286 g/mol. The molecule has 0 rings (SSSR count). The van der Waals surface area contributed by atoms with E-state index >= 15 is 0 Å².